The number of rotatable bonds is 8. The van der Waals surface area contributed by atoms with Crippen LogP contribution in [0.3, 0.4) is 0 Å². The first kappa shape index (κ1) is 14.8. The fourth-order valence-corrected chi connectivity index (χ4v) is 9.42. The molecule has 1 heterocycles. The molecular weight excluding hydrogens is 421 g/mol. The second-order valence-electron chi connectivity index (χ2n) is 2.92. The first-order chi connectivity index (χ1) is 7.36. The van der Waals surface area contributed by atoms with Crippen molar-refractivity contribution in [1.82, 2.24) is 0 Å². The van der Waals surface area contributed by atoms with Crippen LogP contribution in [0.1, 0.15) is 8.87 Å². The molecule has 0 saturated carbocycles. The molecule has 0 aliphatic carbocycles. The van der Waals surface area contributed by atoms with E-state index in [1.165, 1.54) is 21.3 Å². The van der Waals surface area contributed by atoms with Gasteiger partial charge in [0.2, 0.25) is 0 Å². The van der Waals surface area contributed by atoms with Crippen molar-refractivity contribution in [2.75, 3.05) is 11.5 Å². The molecule has 0 unspecified atom stereocenters. The zero-order chi connectivity index (χ0) is 10.9. The van der Waals surface area contributed by atoms with Crippen LogP contribution in [0.5, 0.6) is 0 Å². The molecule has 0 aliphatic heterocycles. The molecule has 5 heteroatoms. The van der Waals surface area contributed by atoms with Crippen molar-refractivity contribution in [3.63, 3.8) is 0 Å². The zero-order valence-electron chi connectivity index (χ0n) is 8.52. The molecule has 15 heavy (non-hydrogen) atoms. The minimum absolute atomic E-state index is 0.705. The summed E-state index contributed by atoms with van der Waals surface area (Å²) in [5, 5.41) is 5.38. The fraction of sp³-hybridized carbons (Fsp3) is 0.600. The molecule has 0 aromatic carbocycles. The Labute approximate surface area is 122 Å². The third kappa shape index (κ3) is 6.91. The first-order valence-corrected chi connectivity index (χ1v) is 12.6. The van der Waals surface area contributed by atoms with Crippen LogP contribution in [0.2, 0.25) is 10.6 Å². The Morgan fingerprint density at radius 3 is 1.80 bits per heavy atom. The van der Waals surface area contributed by atoms with E-state index >= 15 is 0 Å². The van der Waals surface area contributed by atoms with Gasteiger partial charge in [-0.15, -0.1) is 0 Å². The second kappa shape index (κ2) is 9.74. The van der Waals surface area contributed by atoms with Gasteiger partial charge < -0.3 is 0 Å². The molecule has 86 valence electrons. The molecule has 0 N–H and O–H groups in total. The summed E-state index contributed by atoms with van der Waals surface area (Å²) in [6.07, 6.45) is 0. The van der Waals surface area contributed by atoms with E-state index in [2.05, 4.69) is 37.4 Å². The van der Waals surface area contributed by atoms with Crippen molar-refractivity contribution in [3.05, 3.63) is 21.0 Å². The van der Waals surface area contributed by atoms with Gasteiger partial charge in [-0.3, -0.25) is 0 Å². The normalized spacial score (nSPS) is 10.8. The van der Waals surface area contributed by atoms with Crippen molar-refractivity contribution < 1.29 is 0 Å². The van der Waals surface area contributed by atoms with Gasteiger partial charge in [0.1, 0.15) is 0 Å². The predicted octanol–water partition coefficient (Wildman–Crippen LogP) is 1.85. The summed E-state index contributed by atoms with van der Waals surface area (Å²) in [6.45, 7) is 0. The maximum atomic E-state index is 4.26. The van der Waals surface area contributed by atoms with Crippen LogP contribution >= 0.6 is 25.3 Å². The van der Waals surface area contributed by atoms with Crippen molar-refractivity contribution in [2.24, 2.45) is 0 Å². The average Bonchev–Trinajstić information content (AvgIpc) is 2.67. The second-order valence-corrected chi connectivity index (χ2v) is 11.1. The standard InChI is InChI=1S/C10H16S2Se3/c11-3-5-13-7-9-1-2-10(15-9)8-14-6-4-12/h1-2,11-12H,3-8H2. The Morgan fingerprint density at radius 2 is 1.40 bits per heavy atom. The molecule has 0 bridgehead atoms. The van der Waals surface area contributed by atoms with Gasteiger partial charge in [0, 0.05) is 0 Å². The molecule has 0 fully saturated rings. The van der Waals surface area contributed by atoms with E-state index < -0.39 is 0 Å². The summed E-state index contributed by atoms with van der Waals surface area (Å²) < 4.78 is 3.45. The molecule has 0 amide bonds. The molecule has 0 nitrogen and oxygen atoms in total. The van der Waals surface area contributed by atoms with E-state index in [9.17, 15) is 0 Å². The molecule has 1 aromatic rings. The van der Waals surface area contributed by atoms with Crippen LogP contribution in [-0.2, 0) is 10.6 Å². The maximum absolute atomic E-state index is 4.26. The number of thiol groups is 2. The molecule has 0 atom stereocenters. The monoisotopic (exact) mass is 440 g/mol. The Kier molecular flexibility index (Phi) is 9.61. The average molecular weight is 437 g/mol. The van der Waals surface area contributed by atoms with E-state index in [1.54, 1.807) is 8.87 Å². The molecule has 1 aromatic heterocycles. The van der Waals surface area contributed by atoms with Crippen LogP contribution in [0, 0.1) is 0 Å². The van der Waals surface area contributed by atoms with E-state index in [0.717, 1.165) is 41.4 Å². The number of hydrogen-bond acceptors (Lipinski definition) is 2. The fourth-order valence-electron chi connectivity index (χ4n) is 1.05. The van der Waals surface area contributed by atoms with Crippen molar-refractivity contribution >= 4 is 69.7 Å². The van der Waals surface area contributed by atoms with Gasteiger partial charge in [0.15, 0.2) is 0 Å². The van der Waals surface area contributed by atoms with Crippen LogP contribution < -0.4 is 0 Å². The zero-order valence-corrected chi connectivity index (χ0v) is 15.4. The van der Waals surface area contributed by atoms with Crippen molar-refractivity contribution in [3.8, 4) is 0 Å². The third-order valence-electron chi connectivity index (χ3n) is 1.68. The van der Waals surface area contributed by atoms with Gasteiger partial charge in [-0.25, -0.2) is 0 Å². The summed E-state index contributed by atoms with van der Waals surface area (Å²) in [4.78, 5) is 0. The van der Waals surface area contributed by atoms with E-state index in [-0.39, 0.29) is 0 Å². The molecule has 0 radical (unpaired) electrons. The quantitative estimate of drug-likeness (QED) is 0.346. The van der Waals surface area contributed by atoms with Gasteiger partial charge in [-0.05, 0) is 0 Å². The summed E-state index contributed by atoms with van der Waals surface area (Å²) in [6, 6.07) is 4.76. The van der Waals surface area contributed by atoms with Crippen molar-refractivity contribution in [2.45, 2.75) is 21.3 Å². The Hall–Kier alpha value is 1.74. The predicted molar refractivity (Wildman–Crippen MR) is 79.6 cm³/mol. The van der Waals surface area contributed by atoms with E-state index in [0.29, 0.717) is 14.5 Å². The summed E-state index contributed by atoms with van der Waals surface area (Å²) in [5.41, 5.74) is 0. The Bertz CT molecular complexity index is 238. The van der Waals surface area contributed by atoms with Gasteiger partial charge >= 0.3 is 123 Å². The third-order valence-corrected chi connectivity index (χ3v) is 11.8. The van der Waals surface area contributed by atoms with Crippen molar-refractivity contribution in [1.29, 1.82) is 0 Å². The SMILES string of the molecule is SCC[Se]Cc1ccc(C[Se]CCS)[se]1. The summed E-state index contributed by atoms with van der Waals surface area (Å²) >= 11 is 10.8. The summed E-state index contributed by atoms with van der Waals surface area (Å²) in [7, 11) is 0. The number of hydrogen-bond donors (Lipinski definition) is 2. The van der Waals surface area contributed by atoms with Crippen LogP contribution in [0.15, 0.2) is 12.1 Å². The molecule has 0 spiro atoms. The minimum atomic E-state index is 0.705. The van der Waals surface area contributed by atoms with Gasteiger partial charge in [0.25, 0.3) is 0 Å². The van der Waals surface area contributed by atoms with Crippen LogP contribution in [0.25, 0.3) is 0 Å². The summed E-state index contributed by atoms with van der Waals surface area (Å²) in [5.74, 6) is 2.12. The van der Waals surface area contributed by atoms with Crippen LogP contribution in [0.4, 0.5) is 0 Å². The Morgan fingerprint density at radius 1 is 0.933 bits per heavy atom. The molecule has 0 aliphatic rings. The first-order valence-electron chi connectivity index (χ1n) is 4.81. The molecular formula is C10H16S2Se3. The van der Waals surface area contributed by atoms with E-state index in [4.69, 9.17) is 0 Å². The van der Waals surface area contributed by atoms with Gasteiger partial charge in [-0.2, -0.15) is 0 Å². The Balaban J connectivity index is 2.23. The van der Waals surface area contributed by atoms with E-state index in [1.807, 2.05) is 0 Å². The topological polar surface area (TPSA) is 0 Å². The van der Waals surface area contributed by atoms with Gasteiger partial charge in [-0.1, -0.05) is 0 Å². The molecule has 1 rings (SSSR count). The molecule has 0 saturated heterocycles. The van der Waals surface area contributed by atoms with Gasteiger partial charge in [0.05, 0.1) is 0 Å². The van der Waals surface area contributed by atoms with Crippen LogP contribution in [-0.4, -0.2) is 55.9 Å².